The van der Waals surface area contributed by atoms with E-state index in [1.54, 1.807) is 50.7 Å². The van der Waals surface area contributed by atoms with Crippen molar-refractivity contribution in [1.29, 1.82) is 0 Å². The number of hydrogen-bond donors (Lipinski definition) is 2. The van der Waals surface area contributed by atoms with E-state index >= 15 is 0 Å². The Labute approximate surface area is 169 Å². The highest BCUT2D eigenvalue weighted by molar-refractivity contribution is 5.79. The number of benzene rings is 2. The van der Waals surface area contributed by atoms with Gasteiger partial charge in [0.1, 0.15) is 17.3 Å². The Morgan fingerprint density at radius 1 is 1.00 bits per heavy atom. The molecule has 3 rings (SSSR count). The van der Waals surface area contributed by atoms with E-state index in [0.717, 1.165) is 11.3 Å². The Balaban J connectivity index is 1.51. The van der Waals surface area contributed by atoms with E-state index in [9.17, 15) is 4.39 Å². The summed E-state index contributed by atoms with van der Waals surface area (Å²) in [6.45, 7) is 0.862. The zero-order valence-corrected chi connectivity index (χ0v) is 16.4. The van der Waals surface area contributed by atoms with E-state index in [4.69, 9.17) is 9.47 Å². The molecule has 1 aromatic heterocycles. The van der Waals surface area contributed by atoms with Gasteiger partial charge >= 0.3 is 0 Å². The van der Waals surface area contributed by atoms with Crippen molar-refractivity contribution in [3.63, 3.8) is 0 Å². The molecule has 0 radical (unpaired) electrons. The first-order valence-electron chi connectivity index (χ1n) is 9.12. The highest BCUT2D eigenvalue weighted by Crippen LogP contribution is 2.23. The third kappa shape index (κ3) is 5.93. The molecule has 29 heavy (non-hydrogen) atoms. The lowest BCUT2D eigenvalue weighted by Crippen LogP contribution is -2.36. The molecular weight excluding hydrogens is 371 g/mol. The quantitative estimate of drug-likeness (QED) is 0.470. The van der Waals surface area contributed by atoms with Gasteiger partial charge in [0, 0.05) is 44.0 Å². The van der Waals surface area contributed by atoms with Gasteiger partial charge in [0.05, 0.1) is 7.11 Å². The summed E-state index contributed by atoms with van der Waals surface area (Å²) < 4.78 is 24.6. The van der Waals surface area contributed by atoms with E-state index in [-0.39, 0.29) is 5.82 Å². The molecule has 0 amide bonds. The highest BCUT2D eigenvalue weighted by atomic mass is 19.1. The molecule has 0 saturated heterocycles. The molecule has 0 fully saturated rings. The number of nitrogens with one attached hydrogen (secondary N) is 2. The highest BCUT2D eigenvalue weighted by Gasteiger charge is 2.04. The molecule has 2 N–H and O–H groups in total. The summed E-state index contributed by atoms with van der Waals surface area (Å²) in [5.41, 5.74) is 1.54. The molecule has 7 heteroatoms. The Morgan fingerprint density at radius 3 is 2.52 bits per heavy atom. The summed E-state index contributed by atoms with van der Waals surface area (Å²) in [5.74, 6) is 2.19. The second kappa shape index (κ2) is 10.1. The standard InChI is InChI=1S/C22H23FN4O2/c1-24-22(27-15-17-6-3-4-9-20(17)23)26-14-16-10-11-21(25-13-16)29-19-8-5-7-18(12-19)28-2/h3-13H,14-15H2,1-2H3,(H2,24,26,27). The van der Waals surface area contributed by atoms with Crippen molar-refractivity contribution < 1.29 is 13.9 Å². The van der Waals surface area contributed by atoms with Crippen LogP contribution in [0, 0.1) is 5.82 Å². The number of hydrogen-bond acceptors (Lipinski definition) is 4. The number of guanidine groups is 1. The van der Waals surface area contributed by atoms with E-state index in [2.05, 4.69) is 20.6 Å². The predicted molar refractivity (Wildman–Crippen MR) is 111 cm³/mol. The molecule has 2 aromatic carbocycles. The molecule has 0 spiro atoms. The van der Waals surface area contributed by atoms with Gasteiger partial charge in [-0.3, -0.25) is 4.99 Å². The van der Waals surface area contributed by atoms with Gasteiger partial charge < -0.3 is 20.1 Å². The average Bonchev–Trinajstić information content (AvgIpc) is 2.76. The zero-order chi connectivity index (χ0) is 20.5. The second-order valence-electron chi connectivity index (χ2n) is 6.16. The number of pyridine rings is 1. The van der Waals surface area contributed by atoms with Crippen LogP contribution >= 0.6 is 0 Å². The molecule has 150 valence electrons. The van der Waals surface area contributed by atoms with Crippen molar-refractivity contribution >= 4 is 5.96 Å². The topological polar surface area (TPSA) is 67.8 Å². The van der Waals surface area contributed by atoms with Gasteiger partial charge in [-0.05, 0) is 23.8 Å². The third-order valence-corrected chi connectivity index (χ3v) is 4.15. The van der Waals surface area contributed by atoms with Gasteiger partial charge in [0.15, 0.2) is 5.96 Å². The number of ether oxygens (including phenoxy) is 2. The van der Waals surface area contributed by atoms with Crippen LogP contribution in [0.15, 0.2) is 71.9 Å². The molecule has 0 bridgehead atoms. The van der Waals surface area contributed by atoms with Crippen LogP contribution in [0.4, 0.5) is 4.39 Å². The van der Waals surface area contributed by atoms with Crippen LogP contribution in [0.3, 0.4) is 0 Å². The van der Waals surface area contributed by atoms with E-state index < -0.39 is 0 Å². The van der Waals surface area contributed by atoms with Crippen molar-refractivity contribution in [2.45, 2.75) is 13.1 Å². The molecule has 0 unspecified atom stereocenters. The summed E-state index contributed by atoms with van der Waals surface area (Å²) in [7, 11) is 3.28. The van der Waals surface area contributed by atoms with Gasteiger partial charge in [-0.25, -0.2) is 9.37 Å². The second-order valence-corrected chi connectivity index (χ2v) is 6.16. The summed E-state index contributed by atoms with van der Waals surface area (Å²) in [4.78, 5) is 8.48. The molecule has 6 nitrogen and oxygen atoms in total. The summed E-state index contributed by atoms with van der Waals surface area (Å²) in [5, 5.41) is 6.27. The first kappa shape index (κ1) is 20.1. The monoisotopic (exact) mass is 394 g/mol. The van der Waals surface area contributed by atoms with Crippen LogP contribution in [-0.4, -0.2) is 25.1 Å². The molecule has 0 aliphatic carbocycles. The van der Waals surface area contributed by atoms with Crippen LogP contribution in [0.1, 0.15) is 11.1 Å². The van der Waals surface area contributed by atoms with Crippen molar-refractivity contribution in [3.8, 4) is 17.4 Å². The Kier molecular flexibility index (Phi) is 7.00. The number of rotatable bonds is 7. The van der Waals surface area contributed by atoms with Crippen LogP contribution < -0.4 is 20.1 Å². The SMILES string of the molecule is CN=C(NCc1ccc(Oc2cccc(OC)c2)nc1)NCc1ccccc1F. The van der Waals surface area contributed by atoms with Crippen molar-refractivity contribution in [2.24, 2.45) is 4.99 Å². The fourth-order valence-electron chi connectivity index (χ4n) is 2.59. The summed E-state index contributed by atoms with van der Waals surface area (Å²) in [6, 6.07) is 17.7. The molecule has 0 atom stereocenters. The molecule has 1 heterocycles. The van der Waals surface area contributed by atoms with E-state index in [1.807, 2.05) is 24.3 Å². The van der Waals surface area contributed by atoms with Gasteiger partial charge in [-0.2, -0.15) is 0 Å². The summed E-state index contributed by atoms with van der Waals surface area (Å²) >= 11 is 0. The van der Waals surface area contributed by atoms with Crippen LogP contribution in [0.25, 0.3) is 0 Å². The van der Waals surface area contributed by atoms with Crippen LogP contribution in [0.2, 0.25) is 0 Å². The minimum absolute atomic E-state index is 0.244. The maximum absolute atomic E-state index is 13.7. The van der Waals surface area contributed by atoms with E-state index in [1.165, 1.54) is 6.07 Å². The lowest BCUT2D eigenvalue weighted by molar-refractivity contribution is 0.407. The molecule has 3 aromatic rings. The van der Waals surface area contributed by atoms with Crippen molar-refractivity contribution in [3.05, 3.63) is 83.8 Å². The van der Waals surface area contributed by atoms with Crippen LogP contribution in [0.5, 0.6) is 17.4 Å². The number of halogens is 1. The number of nitrogens with zero attached hydrogens (tertiary/aromatic N) is 2. The maximum atomic E-state index is 13.7. The minimum atomic E-state index is -0.244. The molecule has 0 aliphatic rings. The molecular formula is C22H23FN4O2. The lowest BCUT2D eigenvalue weighted by Gasteiger charge is -2.12. The Hall–Kier alpha value is -3.61. The average molecular weight is 394 g/mol. The van der Waals surface area contributed by atoms with Gasteiger partial charge in [0.2, 0.25) is 5.88 Å². The molecule has 0 aliphatic heterocycles. The van der Waals surface area contributed by atoms with Crippen molar-refractivity contribution in [1.82, 2.24) is 15.6 Å². The number of aromatic nitrogens is 1. The van der Waals surface area contributed by atoms with Crippen LogP contribution in [-0.2, 0) is 13.1 Å². The van der Waals surface area contributed by atoms with Crippen molar-refractivity contribution in [2.75, 3.05) is 14.2 Å². The number of methoxy groups -OCH3 is 1. The largest absolute Gasteiger partial charge is 0.497 e. The van der Waals surface area contributed by atoms with Gasteiger partial charge in [-0.1, -0.05) is 30.3 Å². The fraction of sp³-hybridized carbons (Fsp3) is 0.182. The third-order valence-electron chi connectivity index (χ3n) is 4.15. The normalized spacial score (nSPS) is 11.1. The van der Waals surface area contributed by atoms with Gasteiger partial charge in [0.25, 0.3) is 0 Å². The minimum Gasteiger partial charge on any atom is -0.497 e. The van der Waals surface area contributed by atoms with Gasteiger partial charge in [-0.15, -0.1) is 0 Å². The first-order chi connectivity index (χ1) is 14.2. The smallest absolute Gasteiger partial charge is 0.219 e. The number of aliphatic imine (C=N–C) groups is 1. The maximum Gasteiger partial charge on any atom is 0.219 e. The zero-order valence-electron chi connectivity index (χ0n) is 16.4. The predicted octanol–water partition coefficient (Wildman–Crippen LogP) is 3.89. The Bertz CT molecular complexity index is 961. The first-order valence-corrected chi connectivity index (χ1v) is 9.12. The fourth-order valence-corrected chi connectivity index (χ4v) is 2.59. The van der Waals surface area contributed by atoms with E-state index in [0.29, 0.717) is 36.2 Å². The summed E-state index contributed by atoms with van der Waals surface area (Å²) in [6.07, 6.45) is 1.73. The Morgan fingerprint density at radius 2 is 1.79 bits per heavy atom. The lowest BCUT2D eigenvalue weighted by atomic mass is 10.2. The molecule has 0 saturated carbocycles.